The van der Waals surface area contributed by atoms with Crippen molar-refractivity contribution in [2.24, 2.45) is 0 Å². The molecule has 0 aromatic heterocycles. The van der Waals surface area contributed by atoms with E-state index in [9.17, 15) is 0 Å². The van der Waals surface area contributed by atoms with Gasteiger partial charge in [0.2, 0.25) is 0 Å². The summed E-state index contributed by atoms with van der Waals surface area (Å²) in [5.41, 5.74) is 0. The van der Waals surface area contributed by atoms with Gasteiger partial charge in [-0.1, -0.05) is 104 Å². The van der Waals surface area contributed by atoms with E-state index in [0.717, 1.165) is 12.8 Å². The molecule has 0 rings (SSSR count). The van der Waals surface area contributed by atoms with Crippen LogP contribution in [0.5, 0.6) is 0 Å². The van der Waals surface area contributed by atoms with Gasteiger partial charge in [0.1, 0.15) is 0 Å². The summed E-state index contributed by atoms with van der Waals surface area (Å²) in [6.07, 6.45) is 21.8. The van der Waals surface area contributed by atoms with Crippen molar-refractivity contribution in [1.29, 1.82) is 0 Å². The van der Waals surface area contributed by atoms with Crippen LogP contribution in [0.4, 0.5) is 0 Å². The zero-order valence-electron chi connectivity index (χ0n) is 19.5. The van der Waals surface area contributed by atoms with E-state index in [1.54, 1.807) is 13.8 Å². The molecule has 0 bridgehead atoms. The molecule has 0 aliphatic rings. The summed E-state index contributed by atoms with van der Waals surface area (Å²) in [5, 5.41) is 15.1. The van der Waals surface area contributed by atoms with E-state index in [2.05, 4.69) is 27.7 Å². The first kappa shape index (κ1) is 38.3. The maximum absolute atomic E-state index is 7.57. The molecule has 27 heavy (non-hydrogen) atoms. The van der Waals surface area contributed by atoms with Gasteiger partial charge in [-0.05, 0) is 13.8 Å². The first-order chi connectivity index (χ1) is 12.7. The molecule has 166 valence electrons. The van der Waals surface area contributed by atoms with Gasteiger partial charge in [-0.25, -0.2) is 0 Å². The topological polar surface area (TPSA) is 40.5 Å². The molecule has 3 heteroatoms. The zero-order valence-corrected chi connectivity index (χ0v) is 21.1. The molecule has 0 unspecified atom stereocenters. The van der Waals surface area contributed by atoms with Crippen LogP contribution in [0.25, 0.3) is 0 Å². The summed E-state index contributed by atoms with van der Waals surface area (Å²) in [5.74, 6) is 0. The summed E-state index contributed by atoms with van der Waals surface area (Å²) < 4.78 is 0. The van der Waals surface area contributed by atoms with Gasteiger partial charge in [0.25, 0.3) is 0 Å². The summed E-state index contributed by atoms with van der Waals surface area (Å²) >= 11 is 0. The Morgan fingerprint density at radius 1 is 0.444 bits per heavy atom. The first-order valence-corrected chi connectivity index (χ1v) is 11.5. The Kier molecular flexibility index (Phi) is 71.4. The van der Waals surface area contributed by atoms with Gasteiger partial charge in [-0.15, -0.1) is 0 Å². The number of hydrogen-bond donors (Lipinski definition) is 2. The van der Waals surface area contributed by atoms with Crippen LogP contribution in [-0.4, -0.2) is 23.4 Å². The van der Waals surface area contributed by atoms with Gasteiger partial charge >= 0.3 is 21.7 Å². The van der Waals surface area contributed by atoms with E-state index in [4.69, 9.17) is 10.2 Å². The molecule has 0 spiro atoms. The third kappa shape index (κ3) is 75.5. The van der Waals surface area contributed by atoms with Crippen molar-refractivity contribution in [3.8, 4) is 0 Å². The standard InChI is InChI=1S/2C10H21.2C2H6O.Ti/c2*1-3-5-7-9-10-8-6-4-2;2*1-2-3;/h2*1,3-10H2,2H3;2*3H,2H2,1H3;/q2*-1;;;+2. The molecule has 0 atom stereocenters. The van der Waals surface area contributed by atoms with E-state index in [1.165, 1.54) is 89.9 Å². The molecule has 0 aromatic carbocycles. The zero-order chi connectivity index (χ0) is 20.7. The van der Waals surface area contributed by atoms with Crippen LogP contribution in [-0.2, 0) is 21.7 Å². The van der Waals surface area contributed by atoms with E-state index in [-0.39, 0.29) is 34.9 Å². The predicted molar refractivity (Wildman–Crippen MR) is 121 cm³/mol. The molecule has 0 saturated heterocycles. The molecule has 0 amide bonds. The summed E-state index contributed by atoms with van der Waals surface area (Å²) in [4.78, 5) is 0. The van der Waals surface area contributed by atoms with Crippen LogP contribution in [0.15, 0.2) is 0 Å². The van der Waals surface area contributed by atoms with Crippen LogP contribution in [0.2, 0.25) is 0 Å². The maximum atomic E-state index is 7.57. The van der Waals surface area contributed by atoms with Crippen LogP contribution in [0.3, 0.4) is 0 Å². The number of unbranched alkanes of at least 4 members (excludes halogenated alkanes) is 14. The van der Waals surface area contributed by atoms with E-state index in [0.29, 0.717) is 0 Å². The molecule has 0 aliphatic carbocycles. The minimum absolute atomic E-state index is 0. The van der Waals surface area contributed by atoms with Crippen LogP contribution >= 0.6 is 0 Å². The molecule has 0 aliphatic heterocycles. The van der Waals surface area contributed by atoms with Crippen LogP contribution in [0, 0.1) is 13.8 Å². The van der Waals surface area contributed by atoms with E-state index >= 15 is 0 Å². The SMILES string of the molecule is CCO.CCO.[CH2-]CCCCCCCCC.[CH2-]CCCCCCCCC.[Ti+2]. The molecule has 0 aromatic rings. The van der Waals surface area contributed by atoms with E-state index in [1.807, 2.05) is 0 Å². The molecular weight excluding hydrogens is 368 g/mol. The third-order valence-electron chi connectivity index (χ3n) is 3.71. The first-order valence-electron chi connectivity index (χ1n) is 11.5. The van der Waals surface area contributed by atoms with Gasteiger partial charge in [0.05, 0.1) is 0 Å². The van der Waals surface area contributed by atoms with Crippen LogP contribution < -0.4 is 0 Å². The van der Waals surface area contributed by atoms with Crippen molar-refractivity contribution in [2.75, 3.05) is 13.2 Å². The molecule has 0 radical (unpaired) electrons. The Morgan fingerprint density at radius 2 is 0.630 bits per heavy atom. The number of aliphatic hydroxyl groups is 2. The molecule has 0 fully saturated rings. The Balaban J connectivity index is -0.0000000899. The summed E-state index contributed by atoms with van der Waals surface area (Å²) in [7, 11) is 0. The number of hydrogen-bond acceptors (Lipinski definition) is 2. The minimum Gasteiger partial charge on any atom is -0.397 e. The van der Waals surface area contributed by atoms with Gasteiger partial charge in [-0.2, -0.15) is 12.8 Å². The Morgan fingerprint density at radius 3 is 0.815 bits per heavy atom. The molecular formula is C24H54O2Ti. The fraction of sp³-hybridized carbons (Fsp3) is 0.917. The summed E-state index contributed by atoms with van der Waals surface area (Å²) in [6, 6.07) is 0. The Hall–Kier alpha value is 0.634. The van der Waals surface area contributed by atoms with Crippen molar-refractivity contribution >= 4 is 0 Å². The van der Waals surface area contributed by atoms with Gasteiger partial charge in [0.15, 0.2) is 0 Å². The molecule has 0 heterocycles. The molecule has 2 nitrogen and oxygen atoms in total. The Labute approximate surface area is 189 Å². The predicted octanol–water partition coefficient (Wildman–Crippen LogP) is 7.92. The average Bonchev–Trinajstić information content (AvgIpc) is 2.63. The second kappa shape index (κ2) is 50.4. The smallest absolute Gasteiger partial charge is 0.397 e. The number of aliphatic hydroxyl groups excluding tert-OH is 2. The Bertz CT molecular complexity index is 132. The van der Waals surface area contributed by atoms with Crippen molar-refractivity contribution in [1.82, 2.24) is 0 Å². The maximum Gasteiger partial charge on any atom is 2.00 e. The average molecular weight is 423 g/mol. The van der Waals surface area contributed by atoms with Crippen molar-refractivity contribution in [3.63, 3.8) is 0 Å². The molecule has 0 saturated carbocycles. The van der Waals surface area contributed by atoms with Crippen LogP contribution in [0.1, 0.15) is 130 Å². The van der Waals surface area contributed by atoms with Gasteiger partial charge < -0.3 is 24.1 Å². The number of rotatable bonds is 14. The van der Waals surface area contributed by atoms with Crippen molar-refractivity contribution < 1.29 is 31.9 Å². The normalized spacial score (nSPS) is 8.89. The quantitative estimate of drug-likeness (QED) is 0.170. The van der Waals surface area contributed by atoms with Gasteiger partial charge in [0, 0.05) is 13.2 Å². The van der Waals surface area contributed by atoms with Crippen molar-refractivity contribution in [2.45, 2.75) is 130 Å². The fourth-order valence-corrected chi connectivity index (χ4v) is 2.27. The largest absolute Gasteiger partial charge is 2.00 e. The van der Waals surface area contributed by atoms with Gasteiger partial charge in [-0.3, -0.25) is 0 Å². The van der Waals surface area contributed by atoms with Crippen molar-refractivity contribution in [3.05, 3.63) is 13.8 Å². The van der Waals surface area contributed by atoms with E-state index < -0.39 is 0 Å². The second-order valence-electron chi connectivity index (χ2n) is 6.58. The minimum atomic E-state index is 0. The monoisotopic (exact) mass is 422 g/mol. The molecule has 2 N–H and O–H groups in total. The third-order valence-corrected chi connectivity index (χ3v) is 3.71. The second-order valence-corrected chi connectivity index (χ2v) is 6.58. The fourth-order valence-electron chi connectivity index (χ4n) is 2.27. The summed E-state index contributed by atoms with van der Waals surface area (Å²) in [6.45, 7) is 16.0.